The van der Waals surface area contributed by atoms with Crippen LogP contribution in [0, 0.1) is 6.92 Å². The standard InChI is InChI=1S/C21H23N3O3/c1-14(2)26-18-10-5-4-9-17(18)22-19(25)11-12-20-23-24-21(27-20)16-8-6-7-15(3)13-16/h4-10,13-14H,11-12H2,1-3H3,(H,22,25). The van der Waals surface area contributed by atoms with E-state index in [1.54, 1.807) is 0 Å². The van der Waals surface area contributed by atoms with Gasteiger partial charge < -0.3 is 14.5 Å². The molecule has 0 aliphatic heterocycles. The minimum atomic E-state index is -0.134. The van der Waals surface area contributed by atoms with E-state index < -0.39 is 0 Å². The molecular weight excluding hydrogens is 342 g/mol. The molecule has 2 aromatic carbocycles. The van der Waals surface area contributed by atoms with Crippen molar-refractivity contribution < 1.29 is 13.9 Å². The minimum absolute atomic E-state index is 0.0292. The second-order valence-electron chi connectivity index (χ2n) is 6.58. The van der Waals surface area contributed by atoms with E-state index in [1.807, 2.05) is 69.3 Å². The normalized spacial score (nSPS) is 10.8. The maximum Gasteiger partial charge on any atom is 0.247 e. The Bertz CT molecular complexity index is 918. The fourth-order valence-electron chi connectivity index (χ4n) is 2.61. The number of hydrogen-bond acceptors (Lipinski definition) is 5. The summed E-state index contributed by atoms with van der Waals surface area (Å²) in [6, 6.07) is 15.2. The van der Waals surface area contributed by atoms with Crippen LogP contribution in [-0.4, -0.2) is 22.2 Å². The number of para-hydroxylation sites is 2. The van der Waals surface area contributed by atoms with Gasteiger partial charge >= 0.3 is 0 Å². The summed E-state index contributed by atoms with van der Waals surface area (Å²) in [5, 5.41) is 11.0. The predicted molar refractivity (Wildman–Crippen MR) is 104 cm³/mol. The van der Waals surface area contributed by atoms with E-state index in [2.05, 4.69) is 15.5 Å². The van der Waals surface area contributed by atoms with E-state index in [9.17, 15) is 4.79 Å². The van der Waals surface area contributed by atoms with Gasteiger partial charge in [-0.3, -0.25) is 4.79 Å². The lowest BCUT2D eigenvalue weighted by Gasteiger charge is -2.14. The molecule has 140 valence electrons. The summed E-state index contributed by atoms with van der Waals surface area (Å²) in [5.41, 5.74) is 2.65. The number of carbonyl (C=O) groups excluding carboxylic acids is 1. The monoisotopic (exact) mass is 365 g/mol. The average Bonchev–Trinajstić information content (AvgIpc) is 3.10. The quantitative estimate of drug-likeness (QED) is 0.671. The van der Waals surface area contributed by atoms with Gasteiger partial charge in [0.05, 0.1) is 11.8 Å². The molecule has 3 aromatic rings. The van der Waals surface area contributed by atoms with Crippen LogP contribution in [-0.2, 0) is 11.2 Å². The molecule has 0 bridgehead atoms. The molecule has 0 fully saturated rings. The van der Waals surface area contributed by atoms with Crippen molar-refractivity contribution in [2.45, 2.75) is 39.7 Å². The SMILES string of the molecule is Cc1cccc(-c2nnc(CCC(=O)Nc3ccccc3OC(C)C)o2)c1. The van der Waals surface area contributed by atoms with Crippen LogP contribution in [0.4, 0.5) is 5.69 Å². The van der Waals surface area contributed by atoms with Crippen LogP contribution in [0.3, 0.4) is 0 Å². The number of ether oxygens (including phenoxy) is 1. The van der Waals surface area contributed by atoms with Crippen LogP contribution in [0.15, 0.2) is 52.9 Å². The molecule has 0 aliphatic rings. The Morgan fingerprint density at radius 1 is 1.15 bits per heavy atom. The summed E-state index contributed by atoms with van der Waals surface area (Å²) < 4.78 is 11.4. The number of nitrogens with zero attached hydrogens (tertiary/aromatic N) is 2. The van der Waals surface area contributed by atoms with Crippen molar-refractivity contribution >= 4 is 11.6 Å². The second kappa shape index (κ2) is 8.49. The molecule has 0 radical (unpaired) electrons. The molecule has 0 aliphatic carbocycles. The predicted octanol–water partition coefficient (Wildman–Crippen LogP) is 4.40. The number of aryl methyl sites for hydroxylation is 2. The Morgan fingerprint density at radius 2 is 1.96 bits per heavy atom. The topological polar surface area (TPSA) is 77.2 Å². The van der Waals surface area contributed by atoms with Gasteiger partial charge in [-0.25, -0.2) is 0 Å². The van der Waals surface area contributed by atoms with Gasteiger partial charge in [0.1, 0.15) is 5.75 Å². The van der Waals surface area contributed by atoms with Gasteiger partial charge in [-0.15, -0.1) is 10.2 Å². The Morgan fingerprint density at radius 3 is 2.74 bits per heavy atom. The van der Waals surface area contributed by atoms with Gasteiger partial charge in [-0.05, 0) is 45.0 Å². The highest BCUT2D eigenvalue weighted by molar-refractivity contribution is 5.92. The molecular formula is C21H23N3O3. The first-order chi connectivity index (χ1) is 13.0. The van der Waals surface area contributed by atoms with Gasteiger partial charge in [0.15, 0.2) is 0 Å². The van der Waals surface area contributed by atoms with E-state index in [-0.39, 0.29) is 18.4 Å². The van der Waals surface area contributed by atoms with Crippen LogP contribution in [0.2, 0.25) is 0 Å². The minimum Gasteiger partial charge on any atom is -0.489 e. The van der Waals surface area contributed by atoms with Gasteiger partial charge in [-0.1, -0.05) is 29.8 Å². The van der Waals surface area contributed by atoms with E-state index in [0.29, 0.717) is 29.6 Å². The van der Waals surface area contributed by atoms with Gasteiger partial charge in [0, 0.05) is 18.4 Å². The second-order valence-corrected chi connectivity index (χ2v) is 6.58. The summed E-state index contributed by atoms with van der Waals surface area (Å²) in [4.78, 5) is 12.3. The summed E-state index contributed by atoms with van der Waals surface area (Å²) in [5.74, 6) is 1.42. The summed E-state index contributed by atoms with van der Waals surface area (Å²) >= 11 is 0. The fraction of sp³-hybridized carbons (Fsp3) is 0.286. The van der Waals surface area contributed by atoms with E-state index in [0.717, 1.165) is 11.1 Å². The number of benzene rings is 2. The maximum atomic E-state index is 12.3. The summed E-state index contributed by atoms with van der Waals surface area (Å²) in [7, 11) is 0. The zero-order valence-electron chi connectivity index (χ0n) is 15.7. The number of carbonyl (C=O) groups is 1. The largest absolute Gasteiger partial charge is 0.489 e. The van der Waals surface area contributed by atoms with Gasteiger partial charge in [0.2, 0.25) is 17.7 Å². The fourth-order valence-corrected chi connectivity index (χ4v) is 2.61. The summed E-state index contributed by atoms with van der Waals surface area (Å²) in [6.45, 7) is 5.89. The highest BCUT2D eigenvalue weighted by Crippen LogP contribution is 2.25. The number of amides is 1. The lowest BCUT2D eigenvalue weighted by molar-refractivity contribution is -0.116. The smallest absolute Gasteiger partial charge is 0.247 e. The van der Waals surface area contributed by atoms with Crippen LogP contribution in [0.25, 0.3) is 11.5 Å². The Balaban J connectivity index is 1.59. The Labute approximate surface area is 158 Å². The van der Waals surface area contributed by atoms with Crippen LogP contribution < -0.4 is 10.1 Å². The molecule has 6 heteroatoms. The molecule has 1 aromatic heterocycles. The van der Waals surface area contributed by atoms with Crippen LogP contribution >= 0.6 is 0 Å². The molecule has 3 rings (SSSR count). The van der Waals surface area contributed by atoms with Crippen molar-refractivity contribution in [2.75, 3.05) is 5.32 Å². The number of anilines is 1. The van der Waals surface area contributed by atoms with Crippen molar-refractivity contribution in [1.29, 1.82) is 0 Å². The molecule has 0 saturated carbocycles. The van der Waals surface area contributed by atoms with E-state index >= 15 is 0 Å². The highest BCUT2D eigenvalue weighted by Gasteiger charge is 2.12. The molecule has 1 heterocycles. The van der Waals surface area contributed by atoms with Crippen molar-refractivity contribution in [3.63, 3.8) is 0 Å². The van der Waals surface area contributed by atoms with E-state index in [1.165, 1.54) is 0 Å². The van der Waals surface area contributed by atoms with Crippen molar-refractivity contribution in [3.05, 3.63) is 60.0 Å². The lowest BCUT2D eigenvalue weighted by Crippen LogP contribution is -2.14. The van der Waals surface area contributed by atoms with Crippen molar-refractivity contribution in [2.24, 2.45) is 0 Å². The molecule has 1 amide bonds. The molecule has 0 spiro atoms. The number of aromatic nitrogens is 2. The first-order valence-corrected chi connectivity index (χ1v) is 8.96. The Hall–Kier alpha value is -3.15. The van der Waals surface area contributed by atoms with E-state index in [4.69, 9.17) is 9.15 Å². The lowest BCUT2D eigenvalue weighted by atomic mass is 10.1. The zero-order chi connectivity index (χ0) is 19.2. The number of rotatable bonds is 7. The molecule has 0 saturated heterocycles. The Kier molecular flexibility index (Phi) is 5.86. The maximum absolute atomic E-state index is 12.3. The average molecular weight is 365 g/mol. The number of nitrogens with one attached hydrogen (secondary N) is 1. The third-order valence-electron chi connectivity index (χ3n) is 3.82. The molecule has 1 N–H and O–H groups in total. The number of hydrogen-bond donors (Lipinski definition) is 1. The first-order valence-electron chi connectivity index (χ1n) is 8.96. The van der Waals surface area contributed by atoms with Crippen molar-refractivity contribution in [3.8, 4) is 17.2 Å². The molecule has 27 heavy (non-hydrogen) atoms. The summed E-state index contributed by atoms with van der Waals surface area (Å²) in [6.07, 6.45) is 0.644. The van der Waals surface area contributed by atoms with Gasteiger partial charge in [0.25, 0.3) is 0 Å². The van der Waals surface area contributed by atoms with Crippen LogP contribution in [0.1, 0.15) is 31.7 Å². The molecule has 6 nitrogen and oxygen atoms in total. The molecule has 0 unspecified atom stereocenters. The first kappa shape index (κ1) is 18.6. The van der Waals surface area contributed by atoms with Gasteiger partial charge in [-0.2, -0.15) is 0 Å². The molecule has 0 atom stereocenters. The van der Waals surface area contributed by atoms with Crippen LogP contribution in [0.5, 0.6) is 5.75 Å². The zero-order valence-corrected chi connectivity index (χ0v) is 15.7. The third-order valence-corrected chi connectivity index (χ3v) is 3.82. The van der Waals surface area contributed by atoms with Crippen molar-refractivity contribution in [1.82, 2.24) is 10.2 Å². The highest BCUT2D eigenvalue weighted by atomic mass is 16.5. The third kappa shape index (κ3) is 5.17.